The normalized spacial score (nSPS) is 12.4. The van der Waals surface area contributed by atoms with E-state index in [1.54, 1.807) is 19.6 Å². The molecular formula is C10H17N3O3S. The molecule has 3 N–H and O–H groups in total. The van der Waals surface area contributed by atoms with Gasteiger partial charge in [-0.1, -0.05) is 0 Å². The first-order valence-electron chi connectivity index (χ1n) is 5.15. The first kappa shape index (κ1) is 14.0. The fraction of sp³-hybridized carbons (Fsp3) is 0.600. The van der Waals surface area contributed by atoms with Gasteiger partial charge in [0.2, 0.25) is 0 Å². The fourth-order valence-electron chi connectivity index (χ4n) is 1.20. The lowest BCUT2D eigenvalue weighted by atomic mass is 10.3. The van der Waals surface area contributed by atoms with E-state index in [1.807, 2.05) is 0 Å². The van der Waals surface area contributed by atoms with Gasteiger partial charge in [0.15, 0.2) is 0 Å². The van der Waals surface area contributed by atoms with Gasteiger partial charge in [0, 0.05) is 32.7 Å². The summed E-state index contributed by atoms with van der Waals surface area (Å²) in [7, 11) is 3.16. The number of hydrogen-bond donors (Lipinski definition) is 2. The Hall–Kier alpha value is -1.02. The van der Waals surface area contributed by atoms with Crippen LogP contribution < -0.4 is 11.1 Å². The highest BCUT2D eigenvalue weighted by molar-refractivity contribution is 7.09. The van der Waals surface area contributed by atoms with Crippen LogP contribution in [-0.2, 0) is 16.0 Å². The Morgan fingerprint density at radius 3 is 2.94 bits per heavy atom. The van der Waals surface area contributed by atoms with Crippen LogP contribution in [0.5, 0.6) is 0 Å². The zero-order chi connectivity index (χ0) is 12.7. The minimum Gasteiger partial charge on any atom is -0.382 e. The maximum atomic E-state index is 11.7. The van der Waals surface area contributed by atoms with Gasteiger partial charge < -0.3 is 20.5 Å². The third-order valence-electron chi connectivity index (χ3n) is 2.14. The largest absolute Gasteiger partial charge is 0.382 e. The Labute approximate surface area is 104 Å². The number of nitrogens with zero attached hydrogens (tertiary/aromatic N) is 1. The predicted octanol–water partition coefficient (Wildman–Crippen LogP) is -0.00700. The lowest BCUT2D eigenvalue weighted by molar-refractivity contribution is 0.0285. The Morgan fingerprint density at radius 1 is 1.65 bits per heavy atom. The molecule has 0 bridgehead atoms. The Balaban J connectivity index is 2.43. The standard InChI is InChI=1S/C10H17N3O3S/c1-15-5-7(16-2)4-12-10(14)8-6-17-9(3-11)13-8/h6-7H,3-5,11H2,1-2H3,(H,12,14). The molecule has 0 aliphatic rings. The maximum Gasteiger partial charge on any atom is 0.270 e. The number of nitrogens with one attached hydrogen (secondary N) is 1. The summed E-state index contributed by atoms with van der Waals surface area (Å²) in [4.78, 5) is 15.8. The van der Waals surface area contributed by atoms with Crippen LogP contribution in [0.3, 0.4) is 0 Å². The van der Waals surface area contributed by atoms with Crippen molar-refractivity contribution < 1.29 is 14.3 Å². The molecule has 0 spiro atoms. The number of carbonyl (C=O) groups excluding carboxylic acids is 1. The van der Waals surface area contributed by atoms with Crippen LogP contribution in [-0.4, -0.2) is 44.4 Å². The number of aromatic nitrogens is 1. The molecule has 1 atom stereocenters. The Morgan fingerprint density at radius 2 is 2.41 bits per heavy atom. The monoisotopic (exact) mass is 259 g/mol. The molecule has 17 heavy (non-hydrogen) atoms. The number of rotatable bonds is 7. The smallest absolute Gasteiger partial charge is 0.270 e. The molecule has 1 amide bonds. The van der Waals surface area contributed by atoms with Crippen molar-refractivity contribution in [2.45, 2.75) is 12.6 Å². The van der Waals surface area contributed by atoms with E-state index >= 15 is 0 Å². The number of ether oxygens (including phenoxy) is 2. The van der Waals surface area contributed by atoms with Gasteiger partial charge in [0.25, 0.3) is 5.91 Å². The highest BCUT2D eigenvalue weighted by Gasteiger charge is 2.13. The molecule has 0 aliphatic carbocycles. The van der Waals surface area contributed by atoms with Gasteiger partial charge in [-0.3, -0.25) is 4.79 Å². The topological polar surface area (TPSA) is 86.5 Å². The van der Waals surface area contributed by atoms with Crippen LogP contribution in [0.4, 0.5) is 0 Å². The second-order valence-corrected chi connectivity index (χ2v) is 4.30. The Kier molecular flexibility index (Phi) is 6.06. The molecule has 1 unspecified atom stereocenters. The van der Waals surface area contributed by atoms with Crippen molar-refractivity contribution in [2.75, 3.05) is 27.4 Å². The van der Waals surface area contributed by atoms with Gasteiger partial charge in [0.1, 0.15) is 10.7 Å². The van der Waals surface area contributed by atoms with E-state index in [4.69, 9.17) is 15.2 Å². The molecule has 1 heterocycles. The number of amides is 1. The SMILES string of the molecule is COCC(CNC(=O)c1csc(CN)n1)OC. The van der Waals surface area contributed by atoms with Crippen molar-refractivity contribution in [1.29, 1.82) is 0 Å². The summed E-state index contributed by atoms with van der Waals surface area (Å²) in [6.07, 6.45) is -0.156. The third-order valence-corrected chi connectivity index (χ3v) is 3.01. The second kappa shape index (κ2) is 7.33. The van der Waals surface area contributed by atoms with Crippen LogP contribution in [0.1, 0.15) is 15.5 Å². The molecule has 6 nitrogen and oxygen atoms in total. The van der Waals surface area contributed by atoms with Crippen molar-refractivity contribution in [2.24, 2.45) is 5.73 Å². The van der Waals surface area contributed by atoms with E-state index in [0.29, 0.717) is 25.4 Å². The number of nitrogens with two attached hydrogens (primary N) is 1. The highest BCUT2D eigenvalue weighted by atomic mass is 32.1. The molecular weight excluding hydrogens is 242 g/mol. The van der Waals surface area contributed by atoms with E-state index in [1.165, 1.54) is 11.3 Å². The molecule has 0 saturated carbocycles. The molecule has 0 aromatic carbocycles. The van der Waals surface area contributed by atoms with Gasteiger partial charge in [-0.2, -0.15) is 0 Å². The zero-order valence-electron chi connectivity index (χ0n) is 9.93. The number of thiazole rings is 1. The quantitative estimate of drug-likeness (QED) is 0.719. The molecule has 1 aromatic heterocycles. The van der Waals surface area contributed by atoms with Crippen molar-refractivity contribution in [3.05, 3.63) is 16.1 Å². The molecule has 0 fully saturated rings. The molecule has 1 aromatic rings. The van der Waals surface area contributed by atoms with Gasteiger partial charge in [-0.15, -0.1) is 11.3 Å². The van der Waals surface area contributed by atoms with Crippen LogP contribution >= 0.6 is 11.3 Å². The van der Waals surface area contributed by atoms with Crippen LogP contribution in [0.2, 0.25) is 0 Å². The molecule has 0 radical (unpaired) electrons. The zero-order valence-corrected chi connectivity index (χ0v) is 10.8. The van der Waals surface area contributed by atoms with Crippen molar-refractivity contribution >= 4 is 17.2 Å². The van der Waals surface area contributed by atoms with Crippen molar-refractivity contribution in [3.63, 3.8) is 0 Å². The Bertz CT molecular complexity index is 356. The minimum absolute atomic E-state index is 0.156. The van der Waals surface area contributed by atoms with Crippen molar-refractivity contribution in [1.82, 2.24) is 10.3 Å². The molecule has 1 rings (SSSR count). The summed E-state index contributed by atoms with van der Waals surface area (Å²) in [5.74, 6) is -0.223. The average molecular weight is 259 g/mol. The summed E-state index contributed by atoms with van der Waals surface area (Å²) < 4.78 is 10.1. The molecule has 0 aliphatic heterocycles. The summed E-state index contributed by atoms with van der Waals surface area (Å²) in [6, 6.07) is 0. The van der Waals surface area contributed by atoms with Crippen LogP contribution in [0, 0.1) is 0 Å². The van der Waals surface area contributed by atoms with E-state index in [-0.39, 0.29) is 12.0 Å². The predicted molar refractivity (Wildman–Crippen MR) is 65.0 cm³/mol. The van der Waals surface area contributed by atoms with Gasteiger partial charge in [0.05, 0.1) is 12.7 Å². The molecule has 96 valence electrons. The van der Waals surface area contributed by atoms with E-state index in [0.717, 1.165) is 5.01 Å². The first-order chi connectivity index (χ1) is 8.21. The third kappa shape index (κ3) is 4.39. The molecule has 0 saturated heterocycles. The van der Waals surface area contributed by atoms with Crippen molar-refractivity contribution in [3.8, 4) is 0 Å². The maximum absolute atomic E-state index is 11.7. The second-order valence-electron chi connectivity index (χ2n) is 3.35. The lowest BCUT2D eigenvalue weighted by Crippen LogP contribution is -2.35. The van der Waals surface area contributed by atoms with E-state index < -0.39 is 0 Å². The van der Waals surface area contributed by atoms with Crippen LogP contribution in [0.25, 0.3) is 0 Å². The van der Waals surface area contributed by atoms with E-state index in [9.17, 15) is 4.79 Å². The van der Waals surface area contributed by atoms with E-state index in [2.05, 4.69) is 10.3 Å². The van der Waals surface area contributed by atoms with Gasteiger partial charge in [-0.05, 0) is 0 Å². The minimum atomic E-state index is -0.223. The van der Waals surface area contributed by atoms with Crippen LogP contribution in [0.15, 0.2) is 5.38 Å². The summed E-state index contributed by atoms with van der Waals surface area (Å²) in [5, 5.41) is 5.17. The number of hydrogen-bond acceptors (Lipinski definition) is 6. The van der Waals surface area contributed by atoms with Gasteiger partial charge in [-0.25, -0.2) is 4.98 Å². The number of methoxy groups -OCH3 is 2. The number of carbonyl (C=O) groups is 1. The summed E-state index contributed by atoms with van der Waals surface area (Å²) >= 11 is 1.38. The highest BCUT2D eigenvalue weighted by Crippen LogP contribution is 2.08. The molecule has 7 heteroatoms. The average Bonchev–Trinajstić information content (AvgIpc) is 2.82. The van der Waals surface area contributed by atoms with Gasteiger partial charge >= 0.3 is 0 Å². The first-order valence-corrected chi connectivity index (χ1v) is 6.03. The lowest BCUT2D eigenvalue weighted by Gasteiger charge is -2.14. The summed E-state index contributed by atoms with van der Waals surface area (Å²) in [5.41, 5.74) is 5.82. The fourth-order valence-corrected chi connectivity index (χ4v) is 1.86. The summed E-state index contributed by atoms with van der Waals surface area (Å²) in [6.45, 7) is 1.17.